The highest BCUT2D eigenvalue weighted by Gasteiger charge is 2.23. The summed E-state index contributed by atoms with van der Waals surface area (Å²) < 4.78 is 26.0. The summed E-state index contributed by atoms with van der Waals surface area (Å²) in [4.78, 5) is 13.6. The van der Waals surface area contributed by atoms with E-state index in [1.54, 1.807) is 7.05 Å². The summed E-state index contributed by atoms with van der Waals surface area (Å²) in [5.41, 5.74) is 5.55. The summed E-state index contributed by atoms with van der Waals surface area (Å²) in [5, 5.41) is 0. The number of rotatable bonds is 3. The number of nitrogen functional groups attached to an aromatic ring is 1. The van der Waals surface area contributed by atoms with Crippen LogP contribution in [0.2, 0.25) is 0 Å². The Morgan fingerprint density at radius 2 is 2.00 bits per heavy atom. The van der Waals surface area contributed by atoms with Crippen LogP contribution in [-0.4, -0.2) is 24.4 Å². The average molecular weight is 254 g/mol. The Kier molecular flexibility index (Phi) is 3.50. The highest BCUT2D eigenvalue weighted by molar-refractivity contribution is 5.99. The first-order valence-corrected chi connectivity index (χ1v) is 5.99. The third kappa shape index (κ3) is 2.44. The molecule has 0 atom stereocenters. The Labute approximate surface area is 105 Å². The van der Waals surface area contributed by atoms with Gasteiger partial charge in [-0.3, -0.25) is 4.79 Å². The molecule has 5 heteroatoms. The second-order valence-electron chi connectivity index (χ2n) is 4.84. The zero-order valence-corrected chi connectivity index (χ0v) is 10.2. The van der Waals surface area contributed by atoms with Crippen molar-refractivity contribution in [2.75, 3.05) is 19.3 Å². The largest absolute Gasteiger partial charge is 0.398 e. The molecule has 0 radical (unpaired) electrons. The van der Waals surface area contributed by atoms with Crippen LogP contribution in [0, 0.1) is 17.6 Å². The highest BCUT2D eigenvalue weighted by Crippen LogP contribution is 2.27. The van der Waals surface area contributed by atoms with E-state index in [0.717, 1.165) is 25.0 Å². The van der Waals surface area contributed by atoms with Crippen LogP contribution in [0.4, 0.5) is 14.5 Å². The van der Waals surface area contributed by atoms with E-state index in [1.807, 2.05) is 0 Å². The van der Waals surface area contributed by atoms with Crippen molar-refractivity contribution < 1.29 is 13.6 Å². The first-order chi connectivity index (χ1) is 8.49. The van der Waals surface area contributed by atoms with Gasteiger partial charge in [0.2, 0.25) is 0 Å². The number of hydrogen-bond acceptors (Lipinski definition) is 2. The van der Waals surface area contributed by atoms with Gasteiger partial charge in [-0.05, 0) is 24.8 Å². The molecule has 0 aliphatic heterocycles. The average Bonchev–Trinajstić information content (AvgIpc) is 2.27. The van der Waals surface area contributed by atoms with Crippen molar-refractivity contribution in [3.05, 3.63) is 29.3 Å². The van der Waals surface area contributed by atoms with Gasteiger partial charge in [-0.2, -0.15) is 0 Å². The molecular formula is C13H16F2N2O. The number of carbonyl (C=O) groups is 1. The molecule has 0 saturated heterocycles. The van der Waals surface area contributed by atoms with Crippen LogP contribution in [0.25, 0.3) is 0 Å². The molecule has 2 N–H and O–H groups in total. The molecule has 2 rings (SSSR count). The minimum atomic E-state index is -1.05. The molecule has 0 spiro atoms. The monoisotopic (exact) mass is 254 g/mol. The van der Waals surface area contributed by atoms with Crippen molar-refractivity contribution in [1.29, 1.82) is 0 Å². The summed E-state index contributed by atoms with van der Waals surface area (Å²) in [5.74, 6) is -1.93. The minimum absolute atomic E-state index is 0.0238. The van der Waals surface area contributed by atoms with Gasteiger partial charge in [0.25, 0.3) is 5.91 Å². The van der Waals surface area contributed by atoms with Gasteiger partial charge >= 0.3 is 0 Å². The van der Waals surface area contributed by atoms with Crippen LogP contribution in [0.15, 0.2) is 12.1 Å². The Hall–Kier alpha value is -1.65. The van der Waals surface area contributed by atoms with Crippen LogP contribution < -0.4 is 5.73 Å². The first kappa shape index (κ1) is 12.8. The van der Waals surface area contributed by atoms with Crippen LogP contribution in [-0.2, 0) is 0 Å². The zero-order chi connectivity index (χ0) is 13.3. The molecule has 0 aromatic heterocycles. The molecule has 0 unspecified atom stereocenters. The molecule has 1 aromatic carbocycles. The molecule has 0 bridgehead atoms. The first-order valence-electron chi connectivity index (χ1n) is 5.99. The quantitative estimate of drug-likeness (QED) is 0.842. The van der Waals surface area contributed by atoms with Crippen LogP contribution in [0.1, 0.15) is 29.6 Å². The number of nitrogens with zero attached hydrogens (tertiary/aromatic N) is 1. The molecule has 18 heavy (non-hydrogen) atoms. The molecular weight excluding hydrogens is 238 g/mol. The lowest BCUT2D eigenvalue weighted by atomic mass is 9.85. The molecule has 1 fully saturated rings. The summed E-state index contributed by atoms with van der Waals surface area (Å²) in [7, 11) is 1.65. The third-order valence-corrected chi connectivity index (χ3v) is 3.43. The second-order valence-corrected chi connectivity index (χ2v) is 4.84. The molecule has 1 aliphatic rings. The summed E-state index contributed by atoms with van der Waals surface area (Å²) >= 11 is 0. The number of halogens is 2. The highest BCUT2D eigenvalue weighted by atomic mass is 19.2. The van der Waals surface area contributed by atoms with E-state index in [-0.39, 0.29) is 17.2 Å². The van der Waals surface area contributed by atoms with Gasteiger partial charge in [-0.1, -0.05) is 6.42 Å². The van der Waals surface area contributed by atoms with E-state index >= 15 is 0 Å². The maximum absolute atomic E-state index is 13.1. The van der Waals surface area contributed by atoms with Crippen LogP contribution in [0.5, 0.6) is 0 Å². The Morgan fingerprint density at radius 1 is 1.39 bits per heavy atom. The van der Waals surface area contributed by atoms with E-state index in [4.69, 9.17) is 5.73 Å². The molecule has 0 heterocycles. The number of benzene rings is 1. The number of anilines is 1. The van der Waals surface area contributed by atoms with Gasteiger partial charge in [-0.15, -0.1) is 0 Å². The van der Waals surface area contributed by atoms with Crippen LogP contribution in [0.3, 0.4) is 0 Å². The van der Waals surface area contributed by atoms with E-state index in [9.17, 15) is 13.6 Å². The predicted molar refractivity (Wildman–Crippen MR) is 65.1 cm³/mol. The van der Waals surface area contributed by atoms with Crippen molar-refractivity contribution in [3.63, 3.8) is 0 Å². The molecule has 1 amide bonds. The fourth-order valence-corrected chi connectivity index (χ4v) is 2.10. The third-order valence-electron chi connectivity index (χ3n) is 3.43. The fourth-order valence-electron chi connectivity index (χ4n) is 2.10. The molecule has 1 aromatic rings. The number of carbonyl (C=O) groups excluding carboxylic acids is 1. The van der Waals surface area contributed by atoms with Gasteiger partial charge in [0.15, 0.2) is 11.6 Å². The summed E-state index contributed by atoms with van der Waals surface area (Å²) in [6.07, 6.45) is 3.43. The smallest absolute Gasteiger partial charge is 0.255 e. The zero-order valence-electron chi connectivity index (χ0n) is 10.2. The van der Waals surface area contributed by atoms with Gasteiger partial charge < -0.3 is 10.6 Å². The minimum Gasteiger partial charge on any atom is -0.398 e. The van der Waals surface area contributed by atoms with Crippen molar-refractivity contribution in [3.8, 4) is 0 Å². The Morgan fingerprint density at radius 3 is 2.56 bits per heavy atom. The van der Waals surface area contributed by atoms with E-state index in [2.05, 4.69) is 0 Å². The van der Waals surface area contributed by atoms with Gasteiger partial charge in [0, 0.05) is 25.3 Å². The number of nitrogens with two attached hydrogens (primary N) is 1. The lowest BCUT2D eigenvalue weighted by Gasteiger charge is -2.30. The summed E-state index contributed by atoms with van der Waals surface area (Å²) in [6, 6.07) is 1.71. The predicted octanol–water partition coefficient (Wildman–Crippen LogP) is 2.42. The Balaban J connectivity index is 2.14. The second kappa shape index (κ2) is 4.92. The molecule has 1 aliphatic carbocycles. The van der Waals surface area contributed by atoms with Gasteiger partial charge in [0.1, 0.15) is 0 Å². The normalized spacial score (nSPS) is 15.3. The SMILES string of the molecule is CN(CC1CCC1)C(=O)c1cc(F)c(F)cc1N. The maximum atomic E-state index is 13.1. The standard InChI is InChI=1S/C13H16F2N2O/c1-17(7-8-3-2-4-8)13(18)9-5-10(14)11(15)6-12(9)16/h5-6,8H,2-4,7,16H2,1H3. The van der Waals surface area contributed by atoms with E-state index in [1.165, 1.54) is 11.3 Å². The van der Waals surface area contributed by atoms with E-state index in [0.29, 0.717) is 12.5 Å². The van der Waals surface area contributed by atoms with E-state index < -0.39 is 11.6 Å². The summed E-state index contributed by atoms with van der Waals surface area (Å²) in [6.45, 7) is 0.636. The molecule has 98 valence electrons. The van der Waals surface area contributed by atoms with Gasteiger partial charge in [0.05, 0.1) is 5.56 Å². The maximum Gasteiger partial charge on any atom is 0.255 e. The topological polar surface area (TPSA) is 46.3 Å². The Bertz CT molecular complexity index is 472. The van der Waals surface area contributed by atoms with Crippen molar-refractivity contribution >= 4 is 11.6 Å². The molecule has 3 nitrogen and oxygen atoms in total. The van der Waals surface area contributed by atoms with Gasteiger partial charge in [-0.25, -0.2) is 8.78 Å². The van der Waals surface area contributed by atoms with Crippen molar-refractivity contribution in [2.24, 2.45) is 5.92 Å². The lowest BCUT2D eigenvalue weighted by molar-refractivity contribution is 0.0745. The molecule has 1 saturated carbocycles. The van der Waals surface area contributed by atoms with Crippen LogP contribution >= 0.6 is 0 Å². The number of amides is 1. The van der Waals surface area contributed by atoms with Crippen molar-refractivity contribution in [1.82, 2.24) is 4.90 Å². The fraction of sp³-hybridized carbons (Fsp3) is 0.462. The number of hydrogen-bond donors (Lipinski definition) is 1. The van der Waals surface area contributed by atoms with Crippen molar-refractivity contribution in [2.45, 2.75) is 19.3 Å². The lowest BCUT2D eigenvalue weighted by Crippen LogP contribution is -2.34.